The first kappa shape index (κ1) is 23.3. The van der Waals surface area contributed by atoms with E-state index in [9.17, 15) is 9.59 Å². The van der Waals surface area contributed by atoms with E-state index in [1.54, 1.807) is 30.7 Å². The number of hydrogen-bond acceptors (Lipinski definition) is 4. The lowest BCUT2D eigenvalue weighted by molar-refractivity contribution is -0.138. The number of hydrogen-bond donors (Lipinski definition) is 1. The molecular formula is C22H27BrN2O3S. The van der Waals surface area contributed by atoms with Gasteiger partial charge in [0, 0.05) is 23.3 Å². The molecule has 0 aliphatic carbocycles. The van der Waals surface area contributed by atoms with E-state index in [0.29, 0.717) is 18.8 Å². The molecule has 0 heterocycles. The Balaban J connectivity index is 2.02. The second-order valence-electron chi connectivity index (χ2n) is 6.56. The van der Waals surface area contributed by atoms with Gasteiger partial charge in [0.1, 0.15) is 11.8 Å². The van der Waals surface area contributed by atoms with Crippen molar-refractivity contribution in [2.24, 2.45) is 0 Å². The second-order valence-corrected chi connectivity index (χ2v) is 8.46. The lowest BCUT2D eigenvalue weighted by Crippen LogP contribution is -2.48. The minimum Gasteiger partial charge on any atom is -0.497 e. The Morgan fingerprint density at radius 1 is 1.10 bits per heavy atom. The number of carbonyl (C=O) groups is 2. The van der Waals surface area contributed by atoms with Crippen LogP contribution in [0.2, 0.25) is 0 Å². The molecule has 1 atom stereocenters. The number of amides is 2. The predicted molar refractivity (Wildman–Crippen MR) is 122 cm³/mol. The van der Waals surface area contributed by atoms with Crippen molar-refractivity contribution in [1.29, 1.82) is 0 Å². The highest BCUT2D eigenvalue weighted by Crippen LogP contribution is 2.19. The molecule has 0 radical (unpaired) electrons. The van der Waals surface area contributed by atoms with Crippen LogP contribution >= 0.6 is 27.7 Å². The van der Waals surface area contributed by atoms with E-state index in [-0.39, 0.29) is 11.8 Å². The van der Waals surface area contributed by atoms with Crippen LogP contribution in [0.15, 0.2) is 53.0 Å². The molecule has 2 aromatic rings. The summed E-state index contributed by atoms with van der Waals surface area (Å²) < 4.78 is 6.15. The van der Waals surface area contributed by atoms with Crippen molar-refractivity contribution in [3.05, 3.63) is 64.1 Å². The molecule has 7 heteroatoms. The van der Waals surface area contributed by atoms with E-state index in [1.807, 2.05) is 55.5 Å². The fraction of sp³-hybridized carbons (Fsp3) is 0.364. The van der Waals surface area contributed by atoms with Crippen LogP contribution in [0.1, 0.15) is 25.0 Å². The highest BCUT2D eigenvalue weighted by atomic mass is 79.9. The lowest BCUT2D eigenvalue weighted by atomic mass is 10.1. The van der Waals surface area contributed by atoms with Crippen LogP contribution in [0.25, 0.3) is 0 Å². The van der Waals surface area contributed by atoms with E-state index in [1.165, 1.54) is 0 Å². The van der Waals surface area contributed by atoms with E-state index in [4.69, 9.17) is 4.74 Å². The van der Waals surface area contributed by atoms with Crippen LogP contribution < -0.4 is 10.1 Å². The predicted octanol–water partition coefficient (Wildman–Crippen LogP) is 4.24. The van der Waals surface area contributed by atoms with Gasteiger partial charge in [-0.3, -0.25) is 9.59 Å². The van der Waals surface area contributed by atoms with Gasteiger partial charge >= 0.3 is 0 Å². The van der Waals surface area contributed by atoms with Crippen LogP contribution in [0.4, 0.5) is 0 Å². The number of carbonyl (C=O) groups excluding carboxylic acids is 2. The molecule has 1 unspecified atom stereocenters. The van der Waals surface area contributed by atoms with Gasteiger partial charge in [0.05, 0.1) is 12.9 Å². The van der Waals surface area contributed by atoms with Crippen LogP contribution in [-0.2, 0) is 21.9 Å². The van der Waals surface area contributed by atoms with Crippen molar-refractivity contribution in [2.45, 2.75) is 32.2 Å². The molecule has 2 amide bonds. The molecule has 2 aromatic carbocycles. The number of thioether (sulfide) groups is 1. The lowest BCUT2D eigenvalue weighted by Gasteiger charge is -2.28. The molecule has 5 nitrogen and oxygen atoms in total. The van der Waals surface area contributed by atoms with Gasteiger partial charge in [-0.1, -0.05) is 40.2 Å². The van der Waals surface area contributed by atoms with Crippen LogP contribution in [0, 0.1) is 0 Å². The third kappa shape index (κ3) is 7.40. The van der Waals surface area contributed by atoms with Gasteiger partial charge in [0.25, 0.3) is 0 Å². The molecule has 0 spiro atoms. The quantitative estimate of drug-likeness (QED) is 0.554. The van der Waals surface area contributed by atoms with E-state index in [2.05, 4.69) is 21.2 Å². The molecule has 0 aliphatic heterocycles. The Hall–Kier alpha value is -1.99. The van der Waals surface area contributed by atoms with E-state index in [0.717, 1.165) is 27.1 Å². The fourth-order valence-electron chi connectivity index (χ4n) is 2.75. The van der Waals surface area contributed by atoms with Gasteiger partial charge in [-0.05, 0) is 49.2 Å². The number of nitrogens with one attached hydrogen (secondary N) is 1. The Bertz CT molecular complexity index is 797. The Morgan fingerprint density at radius 3 is 2.31 bits per heavy atom. The highest BCUT2D eigenvalue weighted by molar-refractivity contribution is 9.10. The second kappa shape index (κ2) is 11.9. The van der Waals surface area contributed by atoms with Crippen molar-refractivity contribution < 1.29 is 14.3 Å². The Kier molecular flexibility index (Phi) is 9.54. The Labute approximate surface area is 185 Å². The molecule has 2 rings (SSSR count). The summed E-state index contributed by atoms with van der Waals surface area (Å²) in [6.07, 6.45) is 0. The number of ether oxygens (including phenoxy) is 1. The van der Waals surface area contributed by atoms with Gasteiger partial charge in [0.15, 0.2) is 0 Å². The van der Waals surface area contributed by atoms with Crippen LogP contribution in [0.5, 0.6) is 5.75 Å². The van der Waals surface area contributed by atoms with Gasteiger partial charge < -0.3 is 15.0 Å². The van der Waals surface area contributed by atoms with Gasteiger partial charge in [-0.15, -0.1) is 11.8 Å². The number of halogens is 1. The number of rotatable bonds is 10. The number of likely N-dealkylation sites (N-methyl/N-ethyl adjacent to an activating group) is 1. The molecule has 1 N–H and O–H groups in total. The van der Waals surface area contributed by atoms with Crippen molar-refractivity contribution in [1.82, 2.24) is 10.2 Å². The number of methoxy groups -OCH3 is 1. The average molecular weight is 479 g/mol. The SMILES string of the molecule is CCNC(=O)C(C)N(Cc1ccc(Br)cc1)C(=O)CSCc1ccc(OC)cc1. The zero-order valence-corrected chi connectivity index (χ0v) is 19.4. The molecule has 0 saturated heterocycles. The molecule has 156 valence electrons. The molecule has 0 aliphatic rings. The zero-order valence-electron chi connectivity index (χ0n) is 17.0. The first-order valence-electron chi connectivity index (χ1n) is 9.47. The summed E-state index contributed by atoms with van der Waals surface area (Å²) in [5.41, 5.74) is 2.11. The monoisotopic (exact) mass is 478 g/mol. The first-order chi connectivity index (χ1) is 13.9. The standard InChI is InChI=1S/C22H27BrN2O3S/c1-4-24-22(27)16(2)25(13-17-5-9-19(23)10-6-17)21(26)15-29-14-18-7-11-20(28-3)12-8-18/h5-12,16H,4,13-15H2,1-3H3,(H,24,27). The normalized spacial score (nSPS) is 11.6. The molecule has 0 fully saturated rings. The van der Waals surface area contributed by atoms with Crippen LogP contribution in [-0.4, -0.2) is 42.2 Å². The smallest absolute Gasteiger partial charge is 0.242 e. The largest absolute Gasteiger partial charge is 0.497 e. The van der Waals surface area contributed by atoms with E-state index < -0.39 is 6.04 Å². The topological polar surface area (TPSA) is 58.6 Å². The summed E-state index contributed by atoms with van der Waals surface area (Å²) in [7, 11) is 1.64. The minimum absolute atomic E-state index is 0.0508. The molecule has 0 aromatic heterocycles. The number of benzene rings is 2. The maximum atomic E-state index is 13.0. The van der Waals surface area contributed by atoms with Gasteiger partial charge in [-0.2, -0.15) is 0 Å². The maximum Gasteiger partial charge on any atom is 0.242 e. The van der Waals surface area contributed by atoms with Crippen molar-refractivity contribution in [2.75, 3.05) is 19.4 Å². The summed E-state index contributed by atoms with van der Waals surface area (Å²) in [5.74, 6) is 1.65. The van der Waals surface area contributed by atoms with Crippen molar-refractivity contribution in [3.8, 4) is 5.75 Å². The summed E-state index contributed by atoms with van der Waals surface area (Å²) in [4.78, 5) is 27.0. The van der Waals surface area contributed by atoms with Crippen molar-refractivity contribution >= 4 is 39.5 Å². The molecular weight excluding hydrogens is 452 g/mol. The summed E-state index contributed by atoms with van der Waals surface area (Å²) in [6, 6.07) is 15.1. The van der Waals surface area contributed by atoms with Crippen LogP contribution in [0.3, 0.4) is 0 Å². The highest BCUT2D eigenvalue weighted by Gasteiger charge is 2.25. The summed E-state index contributed by atoms with van der Waals surface area (Å²) in [5, 5.41) is 2.81. The summed E-state index contributed by atoms with van der Waals surface area (Å²) in [6.45, 7) is 4.58. The average Bonchev–Trinajstić information content (AvgIpc) is 2.73. The van der Waals surface area contributed by atoms with E-state index >= 15 is 0 Å². The third-order valence-electron chi connectivity index (χ3n) is 4.44. The van der Waals surface area contributed by atoms with Gasteiger partial charge in [0.2, 0.25) is 11.8 Å². The third-order valence-corrected chi connectivity index (χ3v) is 5.95. The molecule has 29 heavy (non-hydrogen) atoms. The molecule has 0 saturated carbocycles. The molecule has 0 bridgehead atoms. The minimum atomic E-state index is -0.535. The van der Waals surface area contributed by atoms with Crippen molar-refractivity contribution in [3.63, 3.8) is 0 Å². The Morgan fingerprint density at radius 2 is 1.72 bits per heavy atom. The maximum absolute atomic E-state index is 13.0. The zero-order chi connectivity index (χ0) is 21.2. The fourth-order valence-corrected chi connectivity index (χ4v) is 3.89. The first-order valence-corrected chi connectivity index (χ1v) is 11.4. The number of nitrogens with zero attached hydrogens (tertiary/aromatic N) is 1. The van der Waals surface area contributed by atoms with Gasteiger partial charge in [-0.25, -0.2) is 0 Å². The summed E-state index contributed by atoms with van der Waals surface area (Å²) >= 11 is 4.96.